The van der Waals surface area contributed by atoms with Crippen LogP contribution in [-0.4, -0.2) is 30.9 Å². The second-order valence-corrected chi connectivity index (χ2v) is 5.06. The third kappa shape index (κ3) is 3.85. The first-order valence-electron chi connectivity index (χ1n) is 6.83. The molecule has 0 saturated heterocycles. The van der Waals surface area contributed by atoms with Gasteiger partial charge in [0, 0.05) is 13.0 Å². The van der Waals surface area contributed by atoms with Gasteiger partial charge < -0.3 is 14.1 Å². The summed E-state index contributed by atoms with van der Waals surface area (Å²) in [4.78, 5) is 25.2. The fraction of sp³-hybridized carbons (Fsp3) is 0.600. The van der Waals surface area contributed by atoms with Gasteiger partial charge in [-0.25, -0.2) is 4.79 Å². The first-order chi connectivity index (χ1) is 9.40. The van der Waals surface area contributed by atoms with E-state index in [1.807, 2.05) is 6.92 Å². The number of carbonyl (C=O) groups excluding carboxylic acids is 2. The Morgan fingerprint density at radius 1 is 1.45 bits per heavy atom. The minimum absolute atomic E-state index is 0.00105. The summed E-state index contributed by atoms with van der Waals surface area (Å²) in [7, 11) is 3.07. The Balaban J connectivity index is 2.74. The predicted octanol–water partition coefficient (Wildman–Crippen LogP) is 2.77. The lowest BCUT2D eigenvalue weighted by atomic mass is 10.1. The van der Waals surface area contributed by atoms with Gasteiger partial charge in [-0.1, -0.05) is 20.3 Å². The highest BCUT2D eigenvalue weighted by molar-refractivity contribution is 5.90. The summed E-state index contributed by atoms with van der Waals surface area (Å²) < 4.78 is 10.2. The van der Waals surface area contributed by atoms with Crippen LogP contribution in [0.5, 0.6) is 0 Å². The highest BCUT2D eigenvalue weighted by Gasteiger charge is 2.20. The van der Waals surface area contributed by atoms with Crippen molar-refractivity contribution in [2.75, 3.05) is 14.2 Å². The van der Waals surface area contributed by atoms with E-state index in [1.54, 1.807) is 24.9 Å². The van der Waals surface area contributed by atoms with Crippen LogP contribution in [0, 0.1) is 12.8 Å². The average molecular weight is 281 g/mol. The van der Waals surface area contributed by atoms with Crippen LogP contribution in [0.25, 0.3) is 0 Å². The lowest BCUT2D eigenvalue weighted by Gasteiger charge is -2.20. The molecule has 0 aromatic carbocycles. The maximum absolute atomic E-state index is 12.1. The van der Waals surface area contributed by atoms with Crippen molar-refractivity contribution in [3.8, 4) is 0 Å². The molecule has 0 bridgehead atoms. The van der Waals surface area contributed by atoms with Gasteiger partial charge in [-0.05, 0) is 19.4 Å². The molecule has 112 valence electrons. The zero-order chi connectivity index (χ0) is 15.3. The number of aryl methyl sites for hydroxylation is 1. The Bertz CT molecular complexity index is 478. The molecule has 1 aromatic heterocycles. The summed E-state index contributed by atoms with van der Waals surface area (Å²) in [5, 5.41) is 0. The van der Waals surface area contributed by atoms with Gasteiger partial charge in [0.2, 0.25) is 5.91 Å². The standard InChI is InChI=1S/C15H23NO4/c1-6-7-10(2)14(17)16(4)9-12-8-13(11(3)20-12)15(18)19-5/h8,10H,6-7,9H2,1-5H3. The van der Waals surface area contributed by atoms with E-state index >= 15 is 0 Å². The zero-order valence-electron chi connectivity index (χ0n) is 12.9. The maximum Gasteiger partial charge on any atom is 0.341 e. The van der Waals surface area contributed by atoms with Gasteiger partial charge in [0.05, 0.1) is 13.7 Å². The largest absolute Gasteiger partial charge is 0.465 e. The summed E-state index contributed by atoms with van der Waals surface area (Å²) in [6.45, 7) is 6.04. The van der Waals surface area contributed by atoms with Gasteiger partial charge in [-0.2, -0.15) is 0 Å². The molecule has 0 aliphatic rings. The maximum atomic E-state index is 12.1. The lowest BCUT2D eigenvalue weighted by Crippen LogP contribution is -2.31. The molecule has 1 amide bonds. The minimum atomic E-state index is -0.425. The molecule has 5 nitrogen and oxygen atoms in total. The monoisotopic (exact) mass is 281 g/mol. The highest BCUT2D eigenvalue weighted by Crippen LogP contribution is 2.18. The smallest absolute Gasteiger partial charge is 0.341 e. The first kappa shape index (κ1) is 16.3. The van der Waals surface area contributed by atoms with Gasteiger partial charge >= 0.3 is 5.97 Å². The summed E-state index contributed by atoms with van der Waals surface area (Å²) >= 11 is 0. The number of rotatable bonds is 6. The molecule has 1 atom stereocenters. The van der Waals surface area contributed by atoms with Crippen LogP contribution in [0.2, 0.25) is 0 Å². The number of hydrogen-bond donors (Lipinski definition) is 0. The van der Waals surface area contributed by atoms with Crippen molar-refractivity contribution >= 4 is 11.9 Å². The summed E-state index contributed by atoms with van der Waals surface area (Å²) in [5.74, 6) is 0.754. The van der Waals surface area contributed by atoms with Gasteiger partial charge in [-0.15, -0.1) is 0 Å². The van der Waals surface area contributed by atoms with Crippen molar-refractivity contribution in [2.24, 2.45) is 5.92 Å². The van der Waals surface area contributed by atoms with Crippen LogP contribution in [-0.2, 0) is 16.1 Å². The van der Waals surface area contributed by atoms with Crippen LogP contribution >= 0.6 is 0 Å². The van der Waals surface area contributed by atoms with Crippen molar-refractivity contribution < 1.29 is 18.7 Å². The quantitative estimate of drug-likeness (QED) is 0.752. The molecule has 0 spiro atoms. The fourth-order valence-corrected chi connectivity index (χ4v) is 2.18. The number of esters is 1. The average Bonchev–Trinajstić information content (AvgIpc) is 2.77. The van der Waals surface area contributed by atoms with Crippen LogP contribution in [0.15, 0.2) is 10.5 Å². The molecule has 0 saturated carbocycles. The summed E-state index contributed by atoms with van der Waals surface area (Å²) in [6, 6.07) is 1.63. The van der Waals surface area contributed by atoms with Crippen LogP contribution < -0.4 is 0 Å². The molecular weight excluding hydrogens is 258 g/mol. The van der Waals surface area contributed by atoms with Crippen LogP contribution in [0.1, 0.15) is 48.6 Å². The minimum Gasteiger partial charge on any atom is -0.465 e. The number of carbonyl (C=O) groups is 2. The van der Waals surface area contributed by atoms with Crippen molar-refractivity contribution in [1.29, 1.82) is 0 Å². The second-order valence-electron chi connectivity index (χ2n) is 5.06. The van der Waals surface area contributed by atoms with Gasteiger partial charge in [0.25, 0.3) is 0 Å². The molecule has 1 rings (SSSR count). The Labute approximate surface area is 119 Å². The Hall–Kier alpha value is -1.78. The number of methoxy groups -OCH3 is 1. The molecule has 0 radical (unpaired) electrons. The van der Waals surface area contributed by atoms with Gasteiger partial charge in [0.15, 0.2) is 0 Å². The SMILES string of the molecule is CCCC(C)C(=O)N(C)Cc1cc(C(=O)OC)c(C)o1. The fourth-order valence-electron chi connectivity index (χ4n) is 2.18. The molecule has 1 aromatic rings. The third-order valence-corrected chi connectivity index (χ3v) is 3.29. The molecule has 0 N–H and O–H groups in total. The lowest BCUT2D eigenvalue weighted by molar-refractivity contribution is -0.134. The number of hydrogen-bond acceptors (Lipinski definition) is 4. The molecule has 1 unspecified atom stereocenters. The molecule has 20 heavy (non-hydrogen) atoms. The normalized spacial score (nSPS) is 12.1. The van der Waals surface area contributed by atoms with Crippen LogP contribution in [0.4, 0.5) is 0 Å². The van der Waals surface area contributed by atoms with E-state index in [0.29, 0.717) is 23.6 Å². The molecule has 0 aliphatic heterocycles. The molecule has 1 heterocycles. The van der Waals surface area contributed by atoms with E-state index in [0.717, 1.165) is 12.8 Å². The molecule has 0 aliphatic carbocycles. The van der Waals surface area contributed by atoms with E-state index in [9.17, 15) is 9.59 Å². The molecule has 5 heteroatoms. The van der Waals surface area contributed by atoms with Crippen molar-refractivity contribution in [2.45, 2.75) is 40.2 Å². The first-order valence-corrected chi connectivity index (χ1v) is 6.83. The summed E-state index contributed by atoms with van der Waals surface area (Å²) in [6.07, 6.45) is 1.85. The predicted molar refractivity (Wildman–Crippen MR) is 75.3 cm³/mol. The molecular formula is C15H23NO4. The Morgan fingerprint density at radius 2 is 2.10 bits per heavy atom. The van der Waals surface area contributed by atoms with Gasteiger partial charge in [-0.3, -0.25) is 4.79 Å². The van der Waals surface area contributed by atoms with E-state index in [4.69, 9.17) is 4.42 Å². The van der Waals surface area contributed by atoms with E-state index in [-0.39, 0.29) is 11.8 Å². The highest BCUT2D eigenvalue weighted by atomic mass is 16.5. The zero-order valence-corrected chi connectivity index (χ0v) is 12.9. The van der Waals surface area contributed by atoms with Crippen molar-refractivity contribution in [1.82, 2.24) is 4.90 Å². The number of furan rings is 1. The van der Waals surface area contributed by atoms with E-state index < -0.39 is 5.97 Å². The van der Waals surface area contributed by atoms with Crippen molar-refractivity contribution in [3.05, 3.63) is 23.2 Å². The number of nitrogens with zero attached hydrogens (tertiary/aromatic N) is 1. The second kappa shape index (κ2) is 7.12. The third-order valence-electron chi connectivity index (χ3n) is 3.29. The summed E-state index contributed by atoms with van der Waals surface area (Å²) in [5.41, 5.74) is 0.407. The van der Waals surface area contributed by atoms with E-state index in [2.05, 4.69) is 11.7 Å². The van der Waals surface area contributed by atoms with Gasteiger partial charge in [0.1, 0.15) is 17.1 Å². The number of amides is 1. The Morgan fingerprint density at radius 3 is 2.65 bits per heavy atom. The van der Waals surface area contributed by atoms with Crippen molar-refractivity contribution in [3.63, 3.8) is 0 Å². The Kier molecular flexibility index (Phi) is 5.80. The molecule has 0 fully saturated rings. The van der Waals surface area contributed by atoms with Crippen LogP contribution in [0.3, 0.4) is 0 Å². The number of ether oxygens (including phenoxy) is 1. The van der Waals surface area contributed by atoms with E-state index in [1.165, 1.54) is 7.11 Å². The topological polar surface area (TPSA) is 59.8 Å².